The van der Waals surface area contributed by atoms with E-state index in [1.54, 1.807) is 41.3 Å². The monoisotopic (exact) mass is 492 g/mol. The number of hydrogen-bond donors (Lipinski definition) is 0. The number of nitrogens with zero attached hydrogens (tertiary/aromatic N) is 2. The molecular formula is C27H25ClN2O5. The summed E-state index contributed by atoms with van der Waals surface area (Å²) < 4.78 is 5.61. The van der Waals surface area contributed by atoms with Crippen molar-refractivity contribution in [2.24, 2.45) is 29.6 Å². The molecule has 2 aliphatic carbocycles. The number of hydrogen-bond acceptors (Lipinski definition) is 5. The predicted octanol–water partition coefficient (Wildman–Crippen LogP) is 4.14. The summed E-state index contributed by atoms with van der Waals surface area (Å²) in [6.45, 7) is 2.04. The van der Waals surface area contributed by atoms with Crippen LogP contribution >= 0.6 is 11.6 Å². The molecule has 180 valence electrons. The Kier molecular flexibility index (Phi) is 5.22. The van der Waals surface area contributed by atoms with Gasteiger partial charge in [-0.15, -0.1) is 0 Å². The van der Waals surface area contributed by atoms with E-state index in [4.69, 9.17) is 16.3 Å². The minimum Gasteiger partial charge on any atom is -0.426 e. The van der Waals surface area contributed by atoms with Gasteiger partial charge in [0.05, 0.1) is 23.4 Å². The maximum atomic E-state index is 13.1. The maximum absolute atomic E-state index is 13.1. The van der Waals surface area contributed by atoms with Crippen molar-refractivity contribution < 1.29 is 23.9 Å². The van der Waals surface area contributed by atoms with Crippen LogP contribution in [0.3, 0.4) is 0 Å². The van der Waals surface area contributed by atoms with Crippen LogP contribution in [-0.4, -0.2) is 30.2 Å². The molecule has 7 nitrogen and oxygen atoms in total. The van der Waals surface area contributed by atoms with E-state index >= 15 is 0 Å². The molecule has 0 unspecified atom stereocenters. The fourth-order valence-corrected chi connectivity index (χ4v) is 6.71. The van der Waals surface area contributed by atoms with E-state index in [2.05, 4.69) is 0 Å². The second-order valence-electron chi connectivity index (χ2n) is 10.1. The van der Waals surface area contributed by atoms with Gasteiger partial charge in [0.2, 0.25) is 17.7 Å². The molecular weight excluding hydrogens is 468 g/mol. The molecule has 2 aliphatic heterocycles. The molecule has 0 spiro atoms. The van der Waals surface area contributed by atoms with Gasteiger partial charge in [0.15, 0.2) is 0 Å². The van der Waals surface area contributed by atoms with Gasteiger partial charge < -0.3 is 9.64 Å². The van der Waals surface area contributed by atoms with Crippen molar-refractivity contribution in [2.45, 2.75) is 32.6 Å². The van der Waals surface area contributed by atoms with E-state index in [1.165, 1.54) is 4.90 Å². The third-order valence-electron chi connectivity index (χ3n) is 8.21. The largest absolute Gasteiger partial charge is 0.426 e. The van der Waals surface area contributed by atoms with Crippen molar-refractivity contribution in [3.05, 3.63) is 53.1 Å². The summed E-state index contributed by atoms with van der Waals surface area (Å²) in [5.74, 6) is -1.15. The first kappa shape index (κ1) is 22.3. The van der Waals surface area contributed by atoms with E-state index in [-0.39, 0.29) is 48.3 Å². The summed E-state index contributed by atoms with van der Waals surface area (Å²) in [4.78, 5) is 54.7. The summed E-state index contributed by atoms with van der Waals surface area (Å²) in [5, 5.41) is 0.557. The fourth-order valence-electron chi connectivity index (χ4n) is 6.54. The molecule has 5 atom stereocenters. The smallest absolute Gasteiger partial charge is 0.316 e. The Morgan fingerprint density at radius 3 is 2.40 bits per heavy atom. The molecule has 0 N–H and O–H groups in total. The topological polar surface area (TPSA) is 84.0 Å². The van der Waals surface area contributed by atoms with Crippen LogP contribution in [0.2, 0.25) is 5.02 Å². The molecule has 2 saturated heterocycles. The van der Waals surface area contributed by atoms with Gasteiger partial charge in [0.25, 0.3) is 0 Å². The molecule has 8 heteroatoms. The van der Waals surface area contributed by atoms with Gasteiger partial charge in [-0.05, 0) is 67.9 Å². The lowest BCUT2D eigenvalue weighted by Crippen LogP contribution is -2.32. The minimum absolute atomic E-state index is 0.0414. The van der Waals surface area contributed by atoms with Crippen molar-refractivity contribution in [1.82, 2.24) is 0 Å². The van der Waals surface area contributed by atoms with Crippen LogP contribution in [0.25, 0.3) is 0 Å². The number of carbonyl (C=O) groups excluding carboxylic acids is 4. The molecule has 2 heterocycles. The van der Waals surface area contributed by atoms with E-state index in [0.29, 0.717) is 28.2 Å². The second-order valence-corrected chi connectivity index (χ2v) is 10.5. The zero-order valence-corrected chi connectivity index (χ0v) is 20.0. The van der Waals surface area contributed by atoms with Crippen LogP contribution in [0.5, 0.6) is 5.75 Å². The third-order valence-corrected chi connectivity index (χ3v) is 8.62. The average molecular weight is 493 g/mol. The zero-order valence-electron chi connectivity index (χ0n) is 19.3. The molecule has 35 heavy (non-hydrogen) atoms. The molecule has 3 amide bonds. The number of esters is 1. The summed E-state index contributed by atoms with van der Waals surface area (Å²) in [7, 11) is 0. The molecule has 2 aromatic carbocycles. The number of amides is 3. The van der Waals surface area contributed by atoms with Crippen LogP contribution < -0.4 is 14.5 Å². The van der Waals surface area contributed by atoms with Gasteiger partial charge in [-0.3, -0.25) is 19.2 Å². The van der Waals surface area contributed by atoms with Gasteiger partial charge >= 0.3 is 5.97 Å². The minimum atomic E-state index is -0.630. The van der Waals surface area contributed by atoms with Crippen LogP contribution in [0, 0.1) is 36.5 Å². The normalized spacial score (nSPS) is 29.3. The van der Waals surface area contributed by atoms with Crippen molar-refractivity contribution in [1.29, 1.82) is 0 Å². The molecule has 0 aromatic heterocycles. The highest BCUT2D eigenvalue weighted by atomic mass is 35.5. The van der Waals surface area contributed by atoms with Gasteiger partial charge in [-0.2, -0.15) is 0 Å². The first-order valence-electron chi connectivity index (χ1n) is 12.1. The first-order valence-corrected chi connectivity index (χ1v) is 12.5. The Balaban J connectivity index is 1.17. The van der Waals surface area contributed by atoms with Gasteiger partial charge in [-0.25, -0.2) is 4.90 Å². The Labute approximate surface area is 208 Å². The van der Waals surface area contributed by atoms with E-state index < -0.39 is 11.9 Å². The molecule has 4 fully saturated rings. The first-order chi connectivity index (χ1) is 16.8. The molecule has 6 rings (SSSR count). The summed E-state index contributed by atoms with van der Waals surface area (Å²) in [6.07, 6.45) is 3.05. The van der Waals surface area contributed by atoms with E-state index in [9.17, 15) is 19.2 Å². The molecule has 2 bridgehead atoms. The number of ether oxygens (including phenoxy) is 1. The Morgan fingerprint density at radius 2 is 1.69 bits per heavy atom. The van der Waals surface area contributed by atoms with Crippen molar-refractivity contribution in [3.8, 4) is 5.75 Å². The lowest BCUT2D eigenvalue weighted by molar-refractivity contribution is -0.139. The number of carbonyl (C=O) groups is 4. The van der Waals surface area contributed by atoms with Crippen LogP contribution in [0.4, 0.5) is 11.4 Å². The quantitative estimate of drug-likeness (QED) is 0.364. The highest BCUT2D eigenvalue weighted by Gasteiger charge is 2.61. The Hall–Kier alpha value is -3.19. The summed E-state index contributed by atoms with van der Waals surface area (Å²) >= 11 is 6.20. The van der Waals surface area contributed by atoms with Crippen molar-refractivity contribution >= 4 is 46.7 Å². The highest BCUT2D eigenvalue weighted by molar-refractivity contribution is 6.31. The van der Waals surface area contributed by atoms with Gasteiger partial charge in [-0.1, -0.05) is 23.7 Å². The van der Waals surface area contributed by atoms with Crippen LogP contribution in [-0.2, 0) is 19.2 Å². The van der Waals surface area contributed by atoms with E-state index in [0.717, 1.165) is 24.8 Å². The van der Waals surface area contributed by atoms with Crippen LogP contribution in [0.1, 0.15) is 31.2 Å². The lowest BCUT2D eigenvalue weighted by atomic mass is 9.81. The number of anilines is 2. The Bertz CT molecular complexity index is 1250. The molecule has 0 radical (unpaired) electrons. The standard InChI is InChI=1S/C27H25ClN2O5/c1-14-20(28)6-3-7-21(14)29-13-17(11-22(29)31)27(34)35-19-5-2-4-18(12-19)30-25(32)23-15-8-9-16(10-15)24(23)26(30)33/h2-7,12,15-17,23-24H,8-11,13H2,1H3/t15-,16-,17+,23-,24+/m0/s1. The highest BCUT2D eigenvalue weighted by Crippen LogP contribution is 2.56. The number of halogens is 1. The number of benzene rings is 2. The SMILES string of the molecule is Cc1c(Cl)cccc1N1C[C@H](C(=O)Oc2cccc(N3C(=O)[C@@H]4[C@H]5CC[C@@H](C5)[C@@H]4C3=O)c2)CC1=O. The molecule has 2 saturated carbocycles. The van der Waals surface area contributed by atoms with Crippen molar-refractivity contribution in [2.75, 3.05) is 16.3 Å². The average Bonchev–Trinajstić information content (AvgIpc) is 3.59. The fraction of sp³-hybridized carbons (Fsp3) is 0.407. The predicted molar refractivity (Wildman–Crippen MR) is 129 cm³/mol. The molecule has 4 aliphatic rings. The summed E-state index contributed by atoms with van der Waals surface area (Å²) in [6, 6.07) is 11.9. The number of imide groups is 1. The van der Waals surface area contributed by atoms with Gasteiger partial charge in [0.1, 0.15) is 5.75 Å². The lowest BCUT2D eigenvalue weighted by Gasteiger charge is -2.20. The number of fused-ring (bicyclic) bond motifs is 5. The maximum Gasteiger partial charge on any atom is 0.316 e. The zero-order chi connectivity index (χ0) is 24.4. The third kappa shape index (κ3) is 3.47. The van der Waals surface area contributed by atoms with E-state index in [1.807, 2.05) is 13.0 Å². The van der Waals surface area contributed by atoms with Crippen molar-refractivity contribution in [3.63, 3.8) is 0 Å². The number of rotatable bonds is 4. The second kappa shape index (κ2) is 8.19. The van der Waals surface area contributed by atoms with Crippen LogP contribution in [0.15, 0.2) is 42.5 Å². The summed E-state index contributed by atoms with van der Waals surface area (Å²) in [5.41, 5.74) is 1.89. The van der Waals surface area contributed by atoms with Gasteiger partial charge in [0, 0.05) is 29.7 Å². The molecule has 2 aromatic rings. The Morgan fingerprint density at radius 1 is 1.00 bits per heavy atom.